The molecule has 8 heteroatoms. The van der Waals surface area contributed by atoms with Crippen LogP contribution in [0.4, 0.5) is 0 Å². The maximum absolute atomic E-state index is 10.5. The van der Waals surface area contributed by atoms with Gasteiger partial charge in [0.15, 0.2) is 6.61 Å². The number of benzene rings is 1. The summed E-state index contributed by atoms with van der Waals surface area (Å²) in [4.78, 5) is 12.5. The Bertz CT molecular complexity index is 497. The molecule has 6 nitrogen and oxygen atoms in total. The highest BCUT2D eigenvalue weighted by Crippen LogP contribution is 2.22. The van der Waals surface area contributed by atoms with Crippen LogP contribution in [0.3, 0.4) is 0 Å². The molecule has 110 valence electrons. The Balaban J connectivity index is 0.00000200. The van der Waals surface area contributed by atoms with Crippen LogP contribution in [0.25, 0.3) is 0 Å². The molecule has 0 amide bonds. The Labute approximate surface area is 123 Å². The first kappa shape index (κ1) is 16.8. The van der Waals surface area contributed by atoms with Crippen LogP contribution < -0.4 is 10.2 Å². The second kappa shape index (κ2) is 6.94. The molecule has 0 spiro atoms. The molecule has 2 rings (SSSR count). The number of ether oxygens (including phenoxy) is 1. The summed E-state index contributed by atoms with van der Waals surface area (Å²) in [5, 5.41) is 18.4. The zero-order valence-corrected chi connectivity index (χ0v) is 12.1. The number of fused-ring (bicyclic) bond motifs is 1. The molecule has 0 radical (unpaired) electrons. The van der Waals surface area contributed by atoms with Gasteiger partial charge in [-0.3, -0.25) is 0 Å². The van der Waals surface area contributed by atoms with Gasteiger partial charge >= 0.3 is 13.1 Å². The zero-order valence-electron chi connectivity index (χ0n) is 11.3. The van der Waals surface area contributed by atoms with Gasteiger partial charge in [0.25, 0.3) is 0 Å². The summed E-state index contributed by atoms with van der Waals surface area (Å²) in [6.07, 6.45) is 0. The Morgan fingerprint density at radius 2 is 2.20 bits per heavy atom. The summed E-state index contributed by atoms with van der Waals surface area (Å²) in [6.45, 7) is 0.624. The zero-order chi connectivity index (χ0) is 14.0. The molecule has 0 aliphatic carbocycles. The minimum absolute atomic E-state index is 0. The molecule has 1 heterocycles. The fraction of sp³-hybridized carbons (Fsp3) is 0.417. The van der Waals surface area contributed by atoms with E-state index in [9.17, 15) is 9.82 Å². The van der Waals surface area contributed by atoms with Crippen molar-refractivity contribution in [2.75, 3.05) is 20.7 Å². The molecular weight excluding hydrogens is 284 g/mol. The van der Waals surface area contributed by atoms with Crippen LogP contribution in [0, 0.1) is 0 Å². The van der Waals surface area contributed by atoms with Crippen LogP contribution in [0.5, 0.6) is 5.75 Å². The fourth-order valence-corrected chi connectivity index (χ4v) is 2.08. The number of nitrogens with zero attached hydrogens (tertiary/aromatic N) is 1. The first-order chi connectivity index (χ1) is 8.97. The van der Waals surface area contributed by atoms with Crippen LogP contribution in [-0.4, -0.2) is 48.8 Å². The third-order valence-corrected chi connectivity index (χ3v) is 2.85. The number of halogens is 1. The van der Waals surface area contributed by atoms with E-state index in [1.54, 1.807) is 12.1 Å². The normalized spacial score (nSPS) is 13.1. The lowest BCUT2D eigenvalue weighted by atomic mass is 9.78. The minimum Gasteiger partial charge on any atom is -0.482 e. The summed E-state index contributed by atoms with van der Waals surface area (Å²) in [5.74, 6) is -0.603. The highest BCUT2D eigenvalue weighted by Gasteiger charge is 2.30. The third-order valence-electron chi connectivity index (χ3n) is 2.85. The molecule has 1 aromatic rings. The molecule has 0 saturated carbocycles. The molecule has 0 fully saturated rings. The lowest BCUT2D eigenvalue weighted by Gasteiger charge is -2.15. The average molecular weight is 302 g/mol. The van der Waals surface area contributed by atoms with Gasteiger partial charge in [-0.1, -0.05) is 0 Å². The number of hydrogen-bond acceptors (Lipinski definition) is 5. The van der Waals surface area contributed by atoms with E-state index >= 15 is 0 Å². The summed E-state index contributed by atoms with van der Waals surface area (Å²) >= 11 is 0. The van der Waals surface area contributed by atoms with Crippen molar-refractivity contribution in [2.24, 2.45) is 0 Å². The van der Waals surface area contributed by atoms with Crippen molar-refractivity contribution in [1.29, 1.82) is 0 Å². The van der Waals surface area contributed by atoms with E-state index in [4.69, 9.17) is 14.5 Å². The number of carboxylic acids is 1. The quantitative estimate of drug-likeness (QED) is 0.737. The van der Waals surface area contributed by atoms with Crippen molar-refractivity contribution in [1.82, 2.24) is 4.90 Å². The van der Waals surface area contributed by atoms with Crippen molar-refractivity contribution in [3.8, 4) is 5.75 Å². The molecule has 20 heavy (non-hydrogen) atoms. The molecular formula is C12H17BClNO5. The third kappa shape index (κ3) is 3.86. The highest BCUT2D eigenvalue weighted by molar-refractivity contribution is 6.61. The summed E-state index contributed by atoms with van der Waals surface area (Å²) in [7, 11) is 2.90. The number of hydrogen-bond donors (Lipinski definition) is 2. The lowest BCUT2D eigenvalue weighted by Crippen LogP contribution is -2.29. The fourth-order valence-electron chi connectivity index (χ4n) is 2.08. The van der Waals surface area contributed by atoms with Gasteiger partial charge in [-0.05, 0) is 42.8 Å². The maximum atomic E-state index is 10.5. The largest absolute Gasteiger partial charge is 0.491 e. The van der Waals surface area contributed by atoms with Gasteiger partial charge in [0, 0.05) is 6.54 Å². The second-order valence-corrected chi connectivity index (χ2v) is 4.73. The van der Waals surface area contributed by atoms with Crippen LogP contribution in [-0.2, 0) is 22.6 Å². The van der Waals surface area contributed by atoms with Gasteiger partial charge in [0.1, 0.15) is 5.75 Å². The SMILES string of the molecule is CN(C)Cc1cc(OCC(=O)O)cc2c1COB2O.Cl. The van der Waals surface area contributed by atoms with Gasteiger partial charge in [-0.15, -0.1) is 12.4 Å². The summed E-state index contributed by atoms with van der Waals surface area (Å²) in [5.41, 5.74) is 2.57. The van der Waals surface area contributed by atoms with Crippen LogP contribution in [0.2, 0.25) is 0 Å². The molecule has 1 aliphatic heterocycles. The van der Waals surface area contributed by atoms with E-state index in [2.05, 4.69) is 0 Å². The molecule has 0 unspecified atom stereocenters. The monoisotopic (exact) mass is 301 g/mol. The second-order valence-electron chi connectivity index (χ2n) is 4.73. The van der Waals surface area contributed by atoms with Crippen molar-refractivity contribution >= 4 is 31.0 Å². The number of carbonyl (C=O) groups is 1. The molecule has 0 aromatic heterocycles. The van der Waals surface area contributed by atoms with Gasteiger partial charge in [0.2, 0.25) is 0 Å². The Hall–Kier alpha value is -1.28. The Morgan fingerprint density at radius 1 is 1.50 bits per heavy atom. The van der Waals surface area contributed by atoms with E-state index in [0.717, 1.165) is 11.1 Å². The first-order valence-corrected chi connectivity index (χ1v) is 5.92. The van der Waals surface area contributed by atoms with Crippen molar-refractivity contribution in [3.05, 3.63) is 23.3 Å². The highest BCUT2D eigenvalue weighted by atomic mass is 35.5. The standard InChI is InChI=1S/C12H16BNO5.ClH/c1-14(2)5-8-3-9(18-7-12(15)16)4-11-10(8)6-19-13(11)17;/h3-4,17H,5-7H2,1-2H3,(H,15,16);1H. The molecule has 0 saturated heterocycles. The average Bonchev–Trinajstić information content (AvgIpc) is 2.68. The van der Waals surface area contributed by atoms with E-state index in [1.165, 1.54) is 0 Å². The van der Waals surface area contributed by atoms with Crippen LogP contribution in [0.15, 0.2) is 12.1 Å². The number of rotatable bonds is 5. The Kier molecular flexibility index (Phi) is 5.82. The Morgan fingerprint density at radius 3 is 2.80 bits per heavy atom. The van der Waals surface area contributed by atoms with Crippen molar-refractivity contribution < 1.29 is 24.3 Å². The lowest BCUT2D eigenvalue weighted by molar-refractivity contribution is -0.139. The van der Waals surface area contributed by atoms with Crippen LogP contribution >= 0.6 is 12.4 Å². The van der Waals surface area contributed by atoms with E-state index in [1.807, 2.05) is 19.0 Å². The molecule has 2 N–H and O–H groups in total. The predicted molar refractivity (Wildman–Crippen MR) is 76.6 cm³/mol. The van der Waals surface area contributed by atoms with E-state index in [0.29, 0.717) is 24.4 Å². The number of aliphatic carboxylic acids is 1. The van der Waals surface area contributed by atoms with Crippen LogP contribution in [0.1, 0.15) is 11.1 Å². The minimum atomic E-state index is -1.04. The smallest absolute Gasteiger partial charge is 0.482 e. The van der Waals surface area contributed by atoms with Gasteiger partial charge in [0.05, 0.1) is 6.61 Å². The predicted octanol–water partition coefficient (Wildman–Crippen LogP) is -0.149. The summed E-state index contributed by atoms with van der Waals surface area (Å²) in [6, 6.07) is 3.43. The molecule has 1 aromatic carbocycles. The van der Waals surface area contributed by atoms with Gasteiger partial charge in [-0.25, -0.2) is 4.79 Å². The first-order valence-electron chi connectivity index (χ1n) is 5.92. The molecule has 1 aliphatic rings. The summed E-state index contributed by atoms with van der Waals surface area (Å²) < 4.78 is 10.4. The van der Waals surface area contributed by atoms with Gasteiger partial charge in [-0.2, -0.15) is 0 Å². The van der Waals surface area contributed by atoms with E-state index < -0.39 is 19.7 Å². The maximum Gasteiger partial charge on any atom is 0.491 e. The topological polar surface area (TPSA) is 79.2 Å². The van der Waals surface area contributed by atoms with Crippen molar-refractivity contribution in [2.45, 2.75) is 13.2 Å². The molecule has 0 bridgehead atoms. The number of carboxylic acid groups (broad SMARTS) is 1. The van der Waals surface area contributed by atoms with E-state index in [-0.39, 0.29) is 12.4 Å². The van der Waals surface area contributed by atoms with Crippen molar-refractivity contribution in [3.63, 3.8) is 0 Å². The van der Waals surface area contributed by atoms with Gasteiger partial charge < -0.3 is 24.4 Å². The molecule has 0 atom stereocenters.